The van der Waals surface area contributed by atoms with E-state index >= 15 is 0 Å². The fraction of sp³-hybridized carbons (Fsp3) is 0.727. The molecule has 1 aromatic heterocycles. The van der Waals surface area contributed by atoms with Crippen molar-refractivity contribution in [2.24, 2.45) is 7.05 Å². The molecule has 23 heavy (non-hydrogen) atoms. The number of alkyl halides is 3. The molecule has 0 aliphatic carbocycles. The maximum absolute atomic E-state index is 13.2. The van der Waals surface area contributed by atoms with Crippen LogP contribution in [0.25, 0.3) is 0 Å². The Hall–Kier alpha value is -0.880. The van der Waals surface area contributed by atoms with Crippen molar-refractivity contribution in [1.82, 2.24) is 24.7 Å². The van der Waals surface area contributed by atoms with E-state index in [1.807, 2.05) is 4.72 Å². The van der Waals surface area contributed by atoms with E-state index in [9.17, 15) is 21.6 Å². The highest BCUT2D eigenvalue weighted by molar-refractivity contribution is 7.89. The van der Waals surface area contributed by atoms with E-state index in [2.05, 4.69) is 10.4 Å². The molecule has 2 rings (SSSR count). The highest BCUT2D eigenvalue weighted by Crippen LogP contribution is 2.25. The molecule has 2 heterocycles. The van der Waals surface area contributed by atoms with Crippen molar-refractivity contribution in [2.45, 2.75) is 17.1 Å². The molecule has 0 bridgehead atoms. The summed E-state index contributed by atoms with van der Waals surface area (Å²) >= 11 is 0. The van der Waals surface area contributed by atoms with Gasteiger partial charge in [0.2, 0.25) is 10.0 Å². The Morgan fingerprint density at radius 3 is 2.48 bits per heavy atom. The molecule has 134 valence electrons. The van der Waals surface area contributed by atoms with E-state index in [0.29, 0.717) is 13.1 Å². The first-order valence-electron chi connectivity index (χ1n) is 6.70. The zero-order chi connectivity index (χ0) is 16.4. The highest BCUT2D eigenvalue weighted by atomic mass is 35.5. The molecule has 1 aliphatic heterocycles. The molecule has 7 nitrogen and oxygen atoms in total. The number of piperazine rings is 1. The Morgan fingerprint density at radius 1 is 1.39 bits per heavy atom. The molecule has 1 fully saturated rings. The van der Waals surface area contributed by atoms with Gasteiger partial charge in [0, 0.05) is 46.0 Å². The monoisotopic (exact) mass is 377 g/mol. The molecule has 1 aromatic rings. The molecule has 1 aliphatic rings. The number of hydrogen-bond donors (Lipinski definition) is 2. The number of hydrogen-bond acceptors (Lipinski definition) is 5. The van der Waals surface area contributed by atoms with E-state index < -0.39 is 28.8 Å². The lowest BCUT2D eigenvalue weighted by Crippen LogP contribution is -2.57. The first-order valence-corrected chi connectivity index (χ1v) is 8.18. The quantitative estimate of drug-likeness (QED) is 0.752. The van der Waals surface area contributed by atoms with Crippen molar-refractivity contribution < 1.29 is 21.6 Å². The van der Waals surface area contributed by atoms with Gasteiger partial charge in [-0.25, -0.2) is 13.1 Å². The maximum atomic E-state index is 13.2. The first-order chi connectivity index (χ1) is 10.2. The summed E-state index contributed by atoms with van der Waals surface area (Å²) < 4.78 is 66.8. The van der Waals surface area contributed by atoms with Gasteiger partial charge in [-0.15, -0.1) is 12.4 Å². The molecule has 0 radical (unpaired) electrons. The van der Waals surface area contributed by atoms with Gasteiger partial charge in [-0.2, -0.15) is 18.3 Å². The van der Waals surface area contributed by atoms with Crippen LogP contribution in [-0.4, -0.2) is 68.0 Å². The van der Waals surface area contributed by atoms with Gasteiger partial charge in [-0.1, -0.05) is 0 Å². The van der Waals surface area contributed by atoms with Crippen molar-refractivity contribution in [3.63, 3.8) is 0 Å². The first kappa shape index (κ1) is 20.2. The molecule has 1 atom stereocenters. The van der Waals surface area contributed by atoms with E-state index in [4.69, 9.17) is 0 Å². The third-order valence-corrected chi connectivity index (χ3v) is 4.81. The predicted molar refractivity (Wildman–Crippen MR) is 79.9 cm³/mol. The Labute approximate surface area is 138 Å². The summed E-state index contributed by atoms with van der Waals surface area (Å²) in [6.45, 7) is 0.613. The van der Waals surface area contributed by atoms with Crippen LogP contribution < -0.4 is 10.0 Å². The lowest BCUT2D eigenvalue weighted by atomic mass is 10.2. The fourth-order valence-corrected chi connectivity index (χ4v) is 3.28. The molecular weight excluding hydrogens is 359 g/mol. The molecule has 2 N–H and O–H groups in total. The second kappa shape index (κ2) is 7.79. The summed E-state index contributed by atoms with van der Waals surface area (Å²) in [5.74, 6) is 0. The van der Waals surface area contributed by atoms with Crippen molar-refractivity contribution in [3.05, 3.63) is 12.4 Å². The molecule has 0 aromatic carbocycles. The Balaban J connectivity index is 0.00000264. The Bertz CT molecular complexity index is 601. The number of halogens is 4. The van der Waals surface area contributed by atoms with Crippen molar-refractivity contribution >= 4 is 22.4 Å². The summed E-state index contributed by atoms with van der Waals surface area (Å²) in [4.78, 5) is 1.08. The van der Waals surface area contributed by atoms with Gasteiger partial charge in [0.25, 0.3) is 0 Å². The van der Waals surface area contributed by atoms with Gasteiger partial charge >= 0.3 is 6.18 Å². The minimum absolute atomic E-state index is 0. The zero-order valence-electron chi connectivity index (χ0n) is 12.4. The SMILES string of the molecule is Cl.Cn1cc(S(=O)(=O)NCC(N2CCNCC2)C(F)(F)F)cn1. The standard InChI is InChI=1S/C11H18F3N5O2S.ClH/c1-18-8-9(6-16-18)22(20,21)17-7-10(11(12,13)14)19-4-2-15-3-5-19;/h6,8,10,15,17H,2-5,7H2,1H3;1H. The zero-order valence-corrected chi connectivity index (χ0v) is 14.0. The minimum Gasteiger partial charge on any atom is -0.314 e. The number of aromatic nitrogens is 2. The van der Waals surface area contributed by atoms with E-state index in [1.165, 1.54) is 22.8 Å². The lowest BCUT2D eigenvalue weighted by molar-refractivity contribution is -0.182. The van der Waals surface area contributed by atoms with Crippen molar-refractivity contribution in [1.29, 1.82) is 0 Å². The van der Waals surface area contributed by atoms with E-state index in [0.717, 1.165) is 6.20 Å². The number of sulfonamides is 1. The summed E-state index contributed by atoms with van der Waals surface area (Å²) in [6.07, 6.45) is -2.18. The van der Waals surface area contributed by atoms with Crippen LogP contribution in [0.15, 0.2) is 17.3 Å². The summed E-state index contributed by atoms with van der Waals surface area (Å²) in [7, 11) is -2.48. The van der Waals surface area contributed by atoms with Crippen LogP contribution in [0.1, 0.15) is 0 Å². The van der Waals surface area contributed by atoms with Crippen LogP contribution >= 0.6 is 12.4 Å². The smallest absolute Gasteiger partial charge is 0.314 e. The summed E-state index contributed by atoms with van der Waals surface area (Å²) in [5, 5.41) is 6.67. The number of aryl methyl sites for hydroxylation is 1. The van der Waals surface area contributed by atoms with Crippen LogP contribution in [0.3, 0.4) is 0 Å². The third-order valence-electron chi connectivity index (χ3n) is 3.43. The third kappa shape index (κ3) is 5.31. The van der Waals surface area contributed by atoms with Gasteiger partial charge in [0.15, 0.2) is 0 Å². The van der Waals surface area contributed by atoms with Crippen molar-refractivity contribution in [2.75, 3.05) is 32.7 Å². The fourth-order valence-electron chi connectivity index (χ4n) is 2.26. The molecule has 1 unspecified atom stereocenters. The maximum Gasteiger partial charge on any atom is 0.405 e. The summed E-state index contributed by atoms with van der Waals surface area (Å²) in [6, 6.07) is -1.85. The number of rotatable bonds is 5. The Kier molecular flexibility index (Phi) is 6.83. The second-order valence-electron chi connectivity index (χ2n) is 5.04. The highest BCUT2D eigenvalue weighted by Gasteiger charge is 2.44. The second-order valence-corrected chi connectivity index (χ2v) is 6.81. The molecule has 0 saturated carbocycles. The largest absolute Gasteiger partial charge is 0.405 e. The normalized spacial score (nSPS) is 18.4. The van der Waals surface area contributed by atoms with Crippen LogP contribution in [-0.2, 0) is 17.1 Å². The topological polar surface area (TPSA) is 79.3 Å². The Morgan fingerprint density at radius 2 is 2.00 bits per heavy atom. The van der Waals surface area contributed by atoms with Crippen LogP contribution in [0.2, 0.25) is 0 Å². The van der Waals surface area contributed by atoms with E-state index in [1.54, 1.807) is 0 Å². The average molecular weight is 378 g/mol. The van der Waals surface area contributed by atoms with Gasteiger partial charge in [-0.3, -0.25) is 9.58 Å². The van der Waals surface area contributed by atoms with Crippen LogP contribution in [0, 0.1) is 0 Å². The average Bonchev–Trinajstić information content (AvgIpc) is 2.86. The molecule has 0 amide bonds. The van der Waals surface area contributed by atoms with Crippen LogP contribution in [0.5, 0.6) is 0 Å². The van der Waals surface area contributed by atoms with E-state index in [-0.39, 0.29) is 30.4 Å². The van der Waals surface area contributed by atoms with Crippen LogP contribution in [0.4, 0.5) is 13.2 Å². The number of nitrogens with one attached hydrogen (secondary N) is 2. The minimum atomic E-state index is -4.51. The molecular formula is C11H19ClF3N5O2S. The van der Waals surface area contributed by atoms with Crippen molar-refractivity contribution in [3.8, 4) is 0 Å². The molecule has 1 saturated heterocycles. The van der Waals surface area contributed by atoms with Gasteiger partial charge in [-0.05, 0) is 0 Å². The van der Waals surface area contributed by atoms with Gasteiger partial charge in [0.1, 0.15) is 10.9 Å². The number of nitrogens with zero attached hydrogens (tertiary/aromatic N) is 3. The van der Waals surface area contributed by atoms with Gasteiger partial charge in [0.05, 0.1) is 6.20 Å². The lowest BCUT2D eigenvalue weighted by Gasteiger charge is -2.35. The molecule has 0 spiro atoms. The molecule has 12 heteroatoms. The predicted octanol–water partition coefficient (Wildman–Crippen LogP) is -0.0437. The summed E-state index contributed by atoms with van der Waals surface area (Å²) in [5.41, 5.74) is 0. The van der Waals surface area contributed by atoms with Gasteiger partial charge < -0.3 is 5.32 Å².